The van der Waals surface area contributed by atoms with Crippen LogP contribution in [0.4, 0.5) is 11.5 Å². The second-order valence-electron chi connectivity index (χ2n) is 4.60. The standard InChI is InChI=1S/C12H19N5O/c1-15-12(11(14)18)4-7-17(8-5-12)10-9(13)3-2-6-16-10/h2-3,6,15H,4-5,7-8,13H2,1H3,(H2,14,18). The minimum absolute atomic E-state index is 0.293. The Morgan fingerprint density at radius 1 is 1.50 bits per heavy atom. The van der Waals surface area contributed by atoms with Crippen LogP contribution in [0.3, 0.4) is 0 Å². The third kappa shape index (κ3) is 2.11. The van der Waals surface area contributed by atoms with Crippen LogP contribution in [-0.4, -0.2) is 36.6 Å². The number of nitrogens with two attached hydrogens (primary N) is 2. The van der Waals surface area contributed by atoms with Gasteiger partial charge >= 0.3 is 0 Å². The molecule has 1 amide bonds. The summed E-state index contributed by atoms with van der Waals surface area (Å²) in [5, 5.41) is 3.05. The normalized spacial score (nSPS) is 18.6. The summed E-state index contributed by atoms with van der Waals surface area (Å²) in [7, 11) is 1.77. The van der Waals surface area contributed by atoms with Gasteiger partial charge in [0.25, 0.3) is 0 Å². The lowest BCUT2D eigenvalue weighted by Crippen LogP contribution is -2.59. The quantitative estimate of drug-likeness (QED) is 0.684. The van der Waals surface area contributed by atoms with Crippen LogP contribution in [0.15, 0.2) is 18.3 Å². The number of aromatic nitrogens is 1. The molecule has 0 radical (unpaired) electrons. The average Bonchev–Trinajstić information content (AvgIpc) is 2.39. The SMILES string of the molecule is CNC1(C(N)=O)CCN(c2ncccc2N)CC1. The monoisotopic (exact) mass is 249 g/mol. The molecule has 0 bridgehead atoms. The predicted molar refractivity (Wildman–Crippen MR) is 71.1 cm³/mol. The van der Waals surface area contributed by atoms with Crippen LogP contribution < -0.4 is 21.7 Å². The minimum Gasteiger partial charge on any atom is -0.396 e. The Hall–Kier alpha value is -1.82. The van der Waals surface area contributed by atoms with E-state index in [-0.39, 0.29) is 5.91 Å². The van der Waals surface area contributed by atoms with Crippen molar-refractivity contribution in [3.63, 3.8) is 0 Å². The number of nitrogen functional groups attached to an aromatic ring is 1. The Morgan fingerprint density at radius 2 is 2.17 bits per heavy atom. The molecular weight excluding hydrogens is 230 g/mol. The first-order valence-electron chi connectivity index (χ1n) is 6.03. The van der Waals surface area contributed by atoms with Gasteiger partial charge in [0.15, 0.2) is 5.82 Å². The molecule has 0 unspecified atom stereocenters. The van der Waals surface area contributed by atoms with Crippen LogP contribution in [0.25, 0.3) is 0 Å². The van der Waals surface area contributed by atoms with Gasteiger partial charge in [0.1, 0.15) is 5.54 Å². The summed E-state index contributed by atoms with van der Waals surface area (Å²) >= 11 is 0. The lowest BCUT2D eigenvalue weighted by atomic mass is 9.87. The predicted octanol–water partition coefficient (Wildman–Crippen LogP) is -0.292. The lowest BCUT2D eigenvalue weighted by Gasteiger charge is -2.40. The number of carbonyl (C=O) groups excluding carboxylic acids is 1. The van der Waals surface area contributed by atoms with E-state index < -0.39 is 5.54 Å². The molecule has 1 aliphatic heterocycles. The summed E-state index contributed by atoms with van der Waals surface area (Å²) in [5.74, 6) is 0.491. The Labute approximate surface area is 106 Å². The number of carbonyl (C=O) groups is 1. The van der Waals surface area contributed by atoms with E-state index in [2.05, 4.69) is 15.2 Å². The van der Waals surface area contributed by atoms with E-state index in [1.807, 2.05) is 12.1 Å². The first kappa shape index (κ1) is 12.6. The van der Waals surface area contributed by atoms with Crippen molar-refractivity contribution >= 4 is 17.4 Å². The maximum Gasteiger partial charge on any atom is 0.237 e. The van der Waals surface area contributed by atoms with Crippen LogP contribution in [0, 0.1) is 0 Å². The van der Waals surface area contributed by atoms with E-state index >= 15 is 0 Å². The Bertz CT molecular complexity index is 440. The molecule has 1 saturated heterocycles. The summed E-state index contributed by atoms with van der Waals surface area (Å²) in [6.07, 6.45) is 3.05. The van der Waals surface area contributed by atoms with Crippen molar-refractivity contribution < 1.29 is 4.79 Å². The van der Waals surface area contributed by atoms with Gasteiger partial charge in [0, 0.05) is 19.3 Å². The summed E-state index contributed by atoms with van der Waals surface area (Å²) in [5.41, 5.74) is 11.4. The first-order valence-corrected chi connectivity index (χ1v) is 6.03. The van der Waals surface area contributed by atoms with Crippen LogP contribution in [0.5, 0.6) is 0 Å². The van der Waals surface area contributed by atoms with E-state index in [0.29, 0.717) is 31.6 Å². The van der Waals surface area contributed by atoms with Crippen LogP contribution >= 0.6 is 0 Å². The maximum absolute atomic E-state index is 11.5. The Morgan fingerprint density at radius 3 is 2.67 bits per heavy atom. The fourth-order valence-electron chi connectivity index (χ4n) is 2.39. The fraction of sp³-hybridized carbons (Fsp3) is 0.500. The number of pyridine rings is 1. The number of amides is 1. The molecule has 0 spiro atoms. The molecule has 5 N–H and O–H groups in total. The molecule has 1 aliphatic rings. The molecule has 0 saturated carbocycles. The zero-order valence-electron chi connectivity index (χ0n) is 10.5. The number of anilines is 2. The molecule has 98 valence electrons. The van der Waals surface area contributed by atoms with E-state index in [4.69, 9.17) is 11.5 Å². The number of nitrogens with one attached hydrogen (secondary N) is 1. The maximum atomic E-state index is 11.5. The Kier molecular flexibility index (Phi) is 3.38. The van der Waals surface area contributed by atoms with E-state index in [0.717, 1.165) is 5.82 Å². The molecule has 0 atom stereocenters. The first-order chi connectivity index (χ1) is 8.59. The Balaban J connectivity index is 2.11. The van der Waals surface area contributed by atoms with Crippen molar-refractivity contribution in [3.05, 3.63) is 18.3 Å². The van der Waals surface area contributed by atoms with Gasteiger partial charge in [0.2, 0.25) is 5.91 Å². The van der Waals surface area contributed by atoms with Crippen molar-refractivity contribution in [2.24, 2.45) is 5.73 Å². The van der Waals surface area contributed by atoms with Crippen molar-refractivity contribution in [2.75, 3.05) is 30.8 Å². The lowest BCUT2D eigenvalue weighted by molar-refractivity contribution is -0.125. The van der Waals surface area contributed by atoms with Gasteiger partial charge in [-0.15, -0.1) is 0 Å². The van der Waals surface area contributed by atoms with Crippen molar-refractivity contribution in [3.8, 4) is 0 Å². The van der Waals surface area contributed by atoms with Crippen LogP contribution in [0.2, 0.25) is 0 Å². The van der Waals surface area contributed by atoms with Gasteiger partial charge < -0.3 is 21.7 Å². The number of hydrogen-bond donors (Lipinski definition) is 3. The van der Waals surface area contributed by atoms with Gasteiger partial charge in [-0.25, -0.2) is 4.98 Å². The minimum atomic E-state index is -0.597. The third-order valence-electron chi connectivity index (χ3n) is 3.68. The van der Waals surface area contributed by atoms with Gasteiger partial charge in [-0.2, -0.15) is 0 Å². The second-order valence-corrected chi connectivity index (χ2v) is 4.60. The zero-order valence-corrected chi connectivity index (χ0v) is 10.5. The highest BCUT2D eigenvalue weighted by Crippen LogP contribution is 2.27. The van der Waals surface area contributed by atoms with Crippen molar-refractivity contribution in [1.29, 1.82) is 0 Å². The number of primary amides is 1. The smallest absolute Gasteiger partial charge is 0.237 e. The summed E-state index contributed by atoms with van der Waals surface area (Å²) < 4.78 is 0. The summed E-state index contributed by atoms with van der Waals surface area (Å²) in [6, 6.07) is 3.64. The number of rotatable bonds is 3. The van der Waals surface area contributed by atoms with Gasteiger partial charge in [-0.3, -0.25) is 4.79 Å². The molecule has 1 fully saturated rings. The summed E-state index contributed by atoms with van der Waals surface area (Å²) in [4.78, 5) is 17.9. The molecule has 18 heavy (non-hydrogen) atoms. The second kappa shape index (κ2) is 4.81. The van der Waals surface area contributed by atoms with E-state index in [1.165, 1.54) is 0 Å². The van der Waals surface area contributed by atoms with E-state index in [9.17, 15) is 4.79 Å². The van der Waals surface area contributed by atoms with Gasteiger partial charge in [0.05, 0.1) is 5.69 Å². The van der Waals surface area contributed by atoms with E-state index in [1.54, 1.807) is 13.2 Å². The molecule has 1 aromatic heterocycles. The fourth-order valence-corrected chi connectivity index (χ4v) is 2.39. The molecule has 1 aromatic rings. The van der Waals surface area contributed by atoms with Gasteiger partial charge in [-0.05, 0) is 32.0 Å². The molecule has 6 nitrogen and oxygen atoms in total. The number of likely N-dealkylation sites (N-methyl/N-ethyl adjacent to an activating group) is 1. The number of nitrogens with zero attached hydrogens (tertiary/aromatic N) is 2. The largest absolute Gasteiger partial charge is 0.396 e. The average molecular weight is 249 g/mol. The molecular formula is C12H19N5O. The van der Waals surface area contributed by atoms with Crippen molar-refractivity contribution in [1.82, 2.24) is 10.3 Å². The molecule has 6 heteroatoms. The molecule has 2 rings (SSSR count). The highest BCUT2D eigenvalue weighted by atomic mass is 16.1. The van der Waals surface area contributed by atoms with Crippen LogP contribution in [0.1, 0.15) is 12.8 Å². The highest BCUT2D eigenvalue weighted by molar-refractivity contribution is 5.85. The number of hydrogen-bond acceptors (Lipinski definition) is 5. The van der Waals surface area contributed by atoms with Gasteiger partial charge in [-0.1, -0.05) is 0 Å². The third-order valence-corrected chi connectivity index (χ3v) is 3.68. The molecule has 2 heterocycles. The number of piperidine rings is 1. The zero-order chi connectivity index (χ0) is 13.2. The van der Waals surface area contributed by atoms with Crippen LogP contribution in [-0.2, 0) is 4.79 Å². The topological polar surface area (TPSA) is 97.3 Å². The summed E-state index contributed by atoms with van der Waals surface area (Å²) in [6.45, 7) is 1.43. The molecule has 0 aliphatic carbocycles. The highest BCUT2D eigenvalue weighted by Gasteiger charge is 2.38. The molecule has 0 aromatic carbocycles. The van der Waals surface area contributed by atoms with Crippen molar-refractivity contribution in [2.45, 2.75) is 18.4 Å².